The van der Waals surface area contributed by atoms with Crippen LogP contribution in [0.2, 0.25) is 0 Å². The van der Waals surface area contributed by atoms with Gasteiger partial charge in [0.05, 0.1) is 7.11 Å². The molecule has 4 nitrogen and oxygen atoms in total. The molecular formula is C16H21N3O. The van der Waals surface area contributed by atoms with Crippen molar-refractivity contribution in [3.63, 3.8) is 0 Å². The zero-order chi connectivity index (χ0) is 14.2. The molecule has 2 aromatic rings. The summed E-state index contributed by atoms with van der Waals surface area (Å²) in [5.41, 5.74) is 1.24. The van der Waals surface area contributed by atoms with Crippen LogP contribution in [0.25, 0.3) is 0 Å². The van der Waals surface area contributed by atoms with Crippen molar-refractivity contribution in [3.05, 3.63) is 48.5 Å². The summed E-state index contributed by atoms with van der Waals surface area (Å²) in [4.78, 5) is 6.57. The summed E-state index contributed by atoms with van der Waals surface area (Å²) in [6.45, 7) is 1.89. The number of methoxy groups -OCH3 is 1. The Balaban J connectivity index is 1.73. The van der Waals surface area contributed by atoms with Crippen LogP contribution >= 0.6 is 0 Å². The minimum atomic E-state index is 0.636. The van der Waals surface area contributed by atoms with Crippen molar-refractivity contribution in [1.82, 2.24) is 4.98 Å². The fourth-order valence-corrected chi connectivity index (χ4v) is 1.97. The van der Waals surface area contributed by atoms with Gasteiger partial charge in [0.25, 0.3) is 0 Å². The molecule has 0 fully saturated rings. The highest BCUT2D eigenvalue weighted by Crippen LogP contribution is 2.12. The maximum absolute atomic E-state index is 5.10. The van der Waals surface area contributed by atoms with Gasteiger partial charge in [-0.3, -0.25) is 0 Å². The van der Waals surface area contributed by atoms with Crippen LogP contribution in [0.5, 0.6) is 5.88 Å². The minimum absolute atomic E-state index is 0.636. The number of pyridine rings is 1. The molecule has 0 aliphatic rings. The molecule has 0 aliphatic carbocycles. The number of para-hydroxylation sites is 1. The first kappa shape index (κ1) is 14.2. The number of rotatable bonds is 7. The highest BCUT2D eigenvalue weighted by molar-refractivity contribution is 5.45. The van der Waals surface area contributed by atoms with E-state index in [0.717, 1.165) is 25.3 Å². The van der Waals surface area contributed by atoms with Gasteiger partial charge in [0.1, 0.15) is 5.82 Å². The Hall–Kier alpha value is -2.23. The van der Waals surface area contributed by atoms with Crippen molar-refractivity contribution < 1.29 is 4.74 Å². The average Bonchev–Trinajstić information content (AvgIpc) is 2.52. The zero-order valence-corrected chi connectivity index (χ0v) is 12.0. The topological polar surface area (TPSA) is 37.4 Å². The number of benzene rings is 1. The van der Waals surface area contributed by atoms with Crippen LogP contribution in [0.1, 0.15) is 6.42 Å². The normalized spacial score (nSPS) is 10.1. The van der Waals surface area contributed by atoms with Gasteiger partial charge in [0, 0.05) is 31.9 Å². The first-order valence-corrected chi connectivity index (χ1v) is 6.80. The fraction of sp³-hybridized carbons (Fsp3) is 0.312. The molecule has 0 saturated carbocycles. The third-order valence-electron chi connectivity index (χ3n) is 3.11. The van der Waals surface area contributed by atoms with Gasteiger partial charge < -0.3 is 15.0 Å². The van der Waals surface area contributed by atoms with E-state index < -0.39 is 0 Å². The monoisotopic (exact) mass is 271 g/mol. The Kier molecular flexibility index (Phi) is 5.24. The van der Waals surface area contributed by atoms with E-state index in [1.54, 1.807) is 7.11 Å². The SMILES string of the molecule is COc1cccc(NCCCN(C)c2ccccc2)n1. The smallest absolute Gasteiger partial charge is 0.214 e. The number of aromatic nitrogens is 1. The molecule has 4 heteroatoms. The van der Waals surface area contributed by atoms with Crippen molar-refractivity contribution >= 4 is 11.5 Å². The third-order valence-corrected chi connectivity index (χ3v) is 3.11. The summed E-state index contributed by atoms with van der Waals surface area (Å²) in [5.74, 6) is 1.49. The lowest BCUT2D eigenvalue weighted by molar-refractivity contribution is 0.398. The Bertz CT molecular complexity index is 516. The molecule has 0 amide bonds. The molecule has 0 saturated heterocycles. The van der Waals surface area contributed by atoms with Crippen molar-refractivity contribution in [2.45, 2.75) is 6.42 Å². The maximum atomic E-state index is 5.10. The quantitative estimate of drug-likeness (QED) is 0.785. The molecule has 0 aliphatic heterocycles. The Morgan fingerprint density at radius 1 is 1.10 bits per heavy atom. The van der Waals surface area contributed by atoms with Crippen LogP contribution in [-0.2, 0) is 0 Å². The van der Waals surface area contributed by atoms with E-state index in [4.69, 9.17) is 4.74 Å². The van der Waals surface area contributed by atoms with Gasteiger partial charge in [-0.05, 0) is 24.6 Å². The van der Waals surface area contributed by atoms with Gasteiger partial charge in [0.2, 0.25) is 5.88 Å². The fourth-order valence-electron chi connectivity index (χ4n) is 1.97. The van der Waals surface area contributed by atoms with Crippen LogP contribution in [0.3, 0.4) is 0 Å². The molecule has 0 bridgehead atoms. The van der Waals surface area contributed by atoms with E-state index in [1.165, 1.54) is 5.69 Å². The molecule has 1 N–H and O–H groups in total. The summed E-state index contributed by atoms with van der Waals surface area (Å²) in [6.07, 6.45) is 1.05. The van der Waals surface area contributed by atoms with Gasteiger partial charge in [-0.15, -0.1) is 0 Å². The van der Waals surface area contributed by atoms with Gasteiger partial charge in [-0.25, -0.2) is 0 Å². The number of ether oxygens (including phenoxy) is 1. The molecule has 1 heterocycles. The lowest BCUT2D eigenvalue weighted by atomic mass is 10.3. The summed E-state index contributed by atoms with van der Waals surface area (Å²) in [7, 11) is 3.74. The van der Waals surface area contributed by atoms with E-state index in [2.05, 4.69) is 46.5 Å². The first-order chi connectivity index (χ1) is 9.79. The van der Waals surface area contributed by atoms with E-state index in [0.29, 0.717) is 5.88 Å². The summed E-state index contributed by atoms with van der Waals surface area (Å²) in [5, 5.41) is 3.31. The van der Waals surface area contributed by atoms with E-state index in [1.807, 2.05) is 24.3 Å². The number of hydrogen-bond donors (Lipinski definition) is 1. The van der Waals surface area contributed by atoms with E-state index in [9.17, 15) is 0 Å². The second-order valence-corrected chi connectivity index (χ2v) is 4.60. The molecular weight excluding hydrogens is 250 g/mol. The highest BCUT2D eigenvalue weighted by atomic mass is 16.5. The second kappa shape index (κ2) is 7.38. The molecule has 20 heavy (non-hydrogen) atoms. The largest absolute Gasteiger partial charge is 0.481 e. The van der Waals surface area contributed by atoms with Gasteiger partial charge in [-0.2, -0.15) is 4.98 Å². The lowest BCUT2D eigenvalue weighted by Gasteiger charge is -2.19. The second-order valence-electron chi connectivity index (χ2n) is 4.60. The number of anilines is 2. The summed E-state index contributed by atoms with van der Waals surface area (Å²) >= 11 is 0. The minimum Gasteiger partial charge on any atom is -0.481 e. The van der Waals surface area contributed by atoms with Crippen molar-refractivity contribution in [1.29, 1.82) is 0 Å². The number of hydrogen-bond acceptors (Lipinski definition) is 4. The molecule has 2 rings (SSSR count). The first-order valence-electron chi connectivity index (χ1n) is 6.80. The predicted octanol–water partition coefficient (Wildman–Crippen LogP) is 3.03. The number of nitrogens with one attached hydrogen (secondary N) is 1. The Morgan fingerprint density at radius 3 is 2.65 bits per heavy atom. The predicted molar refractivity (Wildman–Crippen MR) is 83.6 cm³/mol. The molecule has 0 spiro atoms. The Labute approximate surface area is 120 Å². The molecule has 0 unspecified atom stereocenters. The van der Waals surface area contributed by atoms with Crippen LogP contribution in [0.4, 0.5) is 11.5 Å². The van der Waals surface area contributed by atoms with Gasteiger partial charge in [0.15, 0.2) is 0 Å². The van der Waals surface area contributed by atoms with Crippen molar-refractivity contribution in [2.75, 3.05) is 37.5 Å². The van der Waals surface area contributed by atoms with Crippen LogP contribution in [-0.4, -0.2) is 32.2 Å². The zero-order valence-electron chi connectivity index (χ0n) is 12.0. The van der Waals surface area contributed by atoms with Crippen LogP contribution in [0.15, 0.2) is 48.5 Å². The third kappa shape index (κ3) is 4.16. The standard InChI is InChI=1S/C16H21N3O/c1-19(14-8-4-3-5-9-14)13-7-12-17-15-10-6-11-16(18-15)20-2/h3-6,8-11H,7,12-13H2,1-2H3,(H,17,18). The molecule has 1 aromatic heterocycles. The van der Waals surface area contributed by atoms with E-state index in [-0.39, 0.29) is 0 Å². The van der Waals surface area contributed by atoms with Gasteiger partial charge in [-0.1, -0.05) is 24.3 Å². The average molecular weight is 271 g/mol. The van der Waals surface area contributed by atoms with E-state index >= 15 is 0 Å². The molecule has 0 radical (unpaired) electrons. The van der Waals surface area contributed by atoms with Crippen molar-refractivity contribution in [2.24, 2.45) is 0 Å². The van der Waals surface area contributed by atoms with Gasteiger partial charge >= 0.3 is 0 Å². The Morgan fingerprint density at radius 2 is 1.90 bits per heavy atom. The van der Waals surface area contributed by atoms with Crippen molar-refractivity contribution in [3.8, 4) is 5.88 Å². The van der Waals surface area contributed by atoms with Crippen LogP contribution < -0.4 is 15.0 Å². The number of nitrogens with zero attached hydrogens (tertiary/aromatic N) is 2. The maximum Gasteiger partial charge on any atom is 0.214 e. The molecule has 1 aromatic carbocycles. The molecule has 0 atom stereocenters. The van der Waals surface area contributed by atoms with Crippen LogP contribution in [0, 0.1) is 0 Å². The molecule has 106 valence electrons. The summed E-state index contributed by atoms with van der Waals surface area (Å²) < 4.78 is 5.10. The highest BCUT2D eigenvalue weighted by Gasteiger charge is 2.00. The lowest BCUT2D eigenvalue weighted by Crippen LogP contribution is -2.20. The summed E-state index contributed by atoms with van der Waals surface area (Å²) in [6, 6.07) is 16.1.